The first-order chi connectivity index (χ1) is 9.38. The average Bonchev–Trinajstić information content (AvgIpc) is 2.49. The summed E-state index contributed by atoms with van der Waals surface area (Å²) in [5, 5.41) is 5.80. The van der Waals surface area contributed by atoms with E-state index in [2.05, 4.69) is 23.5 Å². The molecule has 0 aliphatic rings. The smallest absolute Gasteiger partial charge is 0.142 e. The molecule has 0 saturated heterocycles. The van der Waals surface area contributed by atoms with Gasteiger partial charge in [-0.05, 0) is 23.6 Å². The van der Waals surface area contributed by atoms with Crippen LogP contribution in [0.2, 0.25) is 0 Å². The molecule has 0 saturated carbocycles. The van der Waals surface area contributed by atoms with Gasteiger partial charge in [-0.2, -0.15) is 0 Å². The molecule has 2 nitrogen and oxygen atoms in total. The summed E-state index contributed by atoms with van der Waals surface area (Å²) in [7, 11) is 1.69. The molecule has 0 amide bonds. The largest absolute Gasteiger partial charge is 0.495 e. The second-order valence-corrected chi connectivity index (χ2v) is 4.35. The van der Waals surface area contributed by atoms with Crippen molar-refractivity contribution in [3.8, 4) is 5.75 Å². The highest BCUT2D eigenvalue weighted by atomic mass is 16.5. The predicted molar refractivity (Wildman–Crippen MR) is 80.2 cm³/mol. The van der Waals surface area contributed by atoms with Crippen molar-refractivity contribution in [3.63, 3.8) is 0 Å². The van der Waals surface area contributed by atoms with E-state index in [0.717, 1.165) is 22.5 Å². The molecule has 0 radical (unpaired) electrons. The zero-order valence-electron chi connectivity index (χ0n) is 10.8. The van der Waals surface area contributed by atoms with Crippen LogP contribution < -0.4 is 10.1 Å². The third-order valence-corrected chi connectivity index (χ3v) is 3.15. The lowest BCUT2D eigenvalue weighted by molar-refractivity contribution is 0.417. The molecule has 3 aromatic carbocycles. The lowest BCUT2D eigenvalue weighted by Gasteiger charge is -2.14. The SMILES string of the molecule is COc1ccc2ccccc2c1Nc1ccccc1. The van der Waals surface area contributed by atoms with E-state index < -0.39 is 0 Å². The lowest BCUT2D eigenvalue weighted by Crippen LogP contribution is -1.95. The second kappa shape index (κ2) is 5.02. The third-order valence-electron chi connectivity index (χ3n) is 3.15. The van der Waals surface area contributed by atoms with E-state index in [9.17, 15) is 0 Å². The van der Waals surface area contributed by atoms with Gasteiger partial charge < -0.3 is 10.1 Å². The molecule has 2 heteroatoms. The van der Waals surface area contributed by atoms with Crippen molar-refractivity contribution in [3.05, 3.63) is 66.7 Å². The fraction of sp³-hybridized carbons (Fsp3) is 0.0588. The Kier molecular flexibility index (Phi) is 3.07. The van der Waals surface area contributed by atoms with Crippen LogP contribution in [0.15, 0.2) is 66.7 Å². The van der Waals surface area contributed by atoms with Gasteiger partial charge in [-0.25, -0.2) is 0 Å². The Bertz CT molecular complexity index is 692. The van der Waals surface area contributed by atoms with Gasteiger partial charge in [0.2, 0.25) is 0 Å². The van der Waals surface area contributed by atoms with Gasteiger partial charge >= 0.3 is 0 Å². The van der Waals surface area contributed by atoms with Crippen molar-refractivity contribution in [1.82, 2.24) is 0 Å². The molecule has 0 aromatic heterocycles. The number of hydrogen-bond acceptors (Lipinski definition) is 2. The van der Waals surface area contributed by atoms with Gasteiger partial charge in [0, 0.05) is 11.1 Å². The number of nitrogens with one attached hydrogen (secondary N) is 1. The Morgan fingerprint density at radius 1 is 0.789 bits per heavy atom. The summed E-state index contributed by atoms with van der Waals surface area (Å²) in [4.78, 5) is 0. The minimum Gasteiger partial charge on any atom is -0.495 e. The fourth-order valence-electron chi connectivity index (χ4n) is 2.22. The molecule has 0 spiro atoms. The van der Waals surface area contributed by atoms with Crippen LogP contribution in [0.3, 0.4) is 0 Å². The summed E-state index contributed by atoms with van der Waals surface area (Å²) in [5.41, 5.74) is 2.06. The van der Waals surface area contributed by atoms with E-state index in [1.807, 2.05) is 48.5 Å². The normalized spacial score (nSPS) is 10.4. The minimum atomic E-state index is 0.850. The molecule has 0 fully saturated rings. The molecular formula is C17H15NO. The van der Waals surface area contributed by atoms with E-state index in [0.29, 0.717) is 0 Å². The van der Waals surface area contributed by atoms with Crippen molar-refractivity contribution >= 4 is 22.1 Å². The number of fused-ring (bicyclic) bond motifs is 1. The Labute approximate surface area is 112 Å². The van der Waals surface area contributed by atoms with Crippen LogP contribution in [0.5, 0.6) is 5.75 Å². The average molecular weight is 249 g/mol. The van der Waals surface area contributed by atoms with Crippen LogP contribution in [-0.2, 0) is 0 Å². The summed E-state index contributed by atoms with van der Waals surface area (Å²) >= 11 is 0. The molecule has 19 heavy (non-hydrogen) atoms. The van der Waals surface area contributed by atoms with Crippen LogP contribution in [0.25, 0.3) is 10.8 Å². The van der Waals surface area contributed by atoms with E-state index >= 15 is 0 Å². The highest BCUT2D eigenvalue weighted by molar-refractivity contribution is 5.98. The molecule has 0 unspecified atom stereocenters. The third kappa shape index (κ3) is 2.25. The van der Waals surface area contributed by atoms with E-state index in [1.165, 1.54) is 5.39 Å². The molecule has 3 aromatic rings. The van der Waals surface area contributed by atoms with Crippen molar-refractivity contribution in [1.29, 1.82) is 0 Å². The van der Waals surface area contributed by atoms with Crippen molar-refractivity contribution in [2.75, 3.05) is 12.4 Å². The summed E-state index contributed by atoms with van der Waals surface area (Å²) in [6.07, 6.45) is 0. The number of hydrogen-bond donors (Lipinski definition) is 1. The molecule has 0 aliphatic carbocycles. The quantitative estimate of drug-likeness (QED) is 0.733. The van der Waals surface area contributed by atoms with Gasteiger partial charge in [0.05, 0.1) is 12.8 Å². The Morgan fingerprint density at radius 2 is 1.53 bits per heavy atom. The molecular weight excluding hydrogens is 234 g/mol. The van der Waals surface area contributed by atoms with Crippen LogP contribution in [0, 0.1) is 0 Å². The fourth-order valence-corrected chi connectivity index (χ4v) is 2.22. The molecule has 1 N–H and O–H groups in total. The van der Waals surface area contributed by atoms with Gasteiger partial charge in [-0.1, -0.05) is 48.5 Å². The monoisotopic (exact) mass is 249 g/mol. The van der Waals surface area contributed by atoms with Crippen molar-refractivity contribution in [2.24, 2.45) is 0 Å². The number of rotatable bonds is 3. The lowest BCUT2D eigenvalue weighted by atomic mass is 10.1. The van der Waals surface area contributed by atoms with Gasteiger partial charge in [-0.3, -0.25) is 0 Å². The first-order valence-electron chi connectivity index (χ1n) is 6.26. The van der Waals surface area contributed by atoms with Crippen molar-refractivity contribution in [2.45, 2.75) is 0 Å². The van der Waals surface area contributed by atoms with Gasteiger partial charge in [-0.15, -0.1) is 0 Å². The molecule has 0 heterocycles. The molecule has 0 bridgehead atoms. The number of anilines is 2. The number of para-hydroxylation sites is 1. The van der Waals surface area contributed by atoms with Crippen molar-refractivity contribution < 1.29 is 4.74 Å². The van der Waals surface area contributed by atoms with Gasteiger partial charge in [0.1, 0.15) is 5.75 Å². The van der Waals surface area contributed by atoms with Crippen LogP contribution in [0.4, 0.5) is 11.4 Å². The summed E-state index contributed by atoms with van der Waals surface area (Å²) in [6, 6.07) is 22.5. The van der Waals surface area contributed by atoms with Gasteiger partial charge in [0.25, 0.3) is 0 Å². The Hall–Kier alpha value is -2.48. The van der Waals surface area contributed by atoms with Crippen LogP contribution in [-0.4, -0.2) is 7.11 Å². The van der Waals surface area contributed by atoms with Gasteiger partial charge in [0.15, 0.2) is 0 Å². The molecule has 0 atom stereocenters. The van der Waals surface area contributed by atoms with Crippen LogP contribution in [0.1, 0.15) is 0 Å². The standard InChI is InChI=1S/C17H15NO/c1-19-16-12-11-13-7-5-6-10-15(13)17(16)18-14-8-3-2-4-9-14/h2-12,18H,1H3. The number of ether oxygens (including phenoxy) is 1. The zero-order valence-corrected chi connectivity index (χ0v) is 10.8. The van der Waals surface area contributed by atoms with Crippen LogP contribution >= 0.6 is 0 Å². The number of benzene rings is 3. The second-order valence-electron chi connectivity index (χ2n) is 4.35. The maximum atomic E-state index is 5.46. The first-order valence-corrected chi connectivity index (χ1v) is 6.26. The highest BCUT2D eigenvalue weighted by Gasteiger charge is 2.07. The Morgan fingerprint density at radius 3 is 2.32 bits per heavy atom. The topological polar surface area (TPSA) is 21.3 Å². The first kappa shape index (κ1) is 11.6. The highest BCUT2D eigenvalue weighted by Crippen LogP contribution is 2.35. The van der Waals surface area contributed by atoms with E-state index in [4.69, 9.17) is 4.74 Å². The van der Waals surface area contributed by atoms with E-state index in [-0.39, 0.29) is 0 Å². The van der Waals surface area contributed by atoms with E-state index in [1.54, 1.807) is 7.11 Å². The maximum absolute atomic E-state index is 5.46. The zero-order chi connectivity index (χ0) is 13.1. The predicted octanol–water partition coefficient (Wildman–Crippen LogP) is 4.59. The molecule has 0 aliphatic heterocycles. The minimum absolute atomic E-state index is 0.850. The summed E-state index contributed by atoms with van der Waals surface area (Å²) in [5.74, 6) is 0.850. The number of methoxy groups -OCH3 is 1. The molecule has 3 rings (SSSR count). The summed E-state index contributed by atoms with van der Waals surface area (Å²) < 4.78 is 5.46. The maximum Gasteiger partial charge on any atom is 0.142 e. The Balaban J connectivity index is 2.15. The summed E-state index contributed by atoms with van der Waals surface area (Å²) in [6.45, 7) is 0. The molecule has 94 valence electrons.